The van der Waals surface area contributed by atoms with Crippen molar-refractivity contribution in [3.8, 4) is 17.6 Å². The Morgan fingerprint density at radius 2 is 1.70 bits per heavy atom. The normalized spacial score (nSPS) is 9.78. The molecule has 0 atom stereocenters. The maximum Gasteiger partial charge on any atom is 0.309 e. The van der Waals surface area contributed by atoms with Crippen LogP contribution in [0.5, 0.6) is 11.5 Å². The van der Waals surface area contributed by atoms with E-state index in [-0.39, 0.29) is 13.0 Å². The number of benzene rings is 2. The first kappa shape index (κ1) is 19.8. The molecule has 7 nitrogen and oxygen atoms in total. The Balaban J connectivity index is 1.73. The topological polar surface area (TPSA) is 97.7 Å². The van der Waals surface area contributed by atoms with Gasteiger partial charge in [0, 0.05) is 0 Å². The number of nitrogens with zero attached hydrogens (tertiary/aromatic N) is 1. The minimum absolute atomic E-state index is 0.0114. The van der Waals surface area contributed by atoms with Gasteiger partial charge in [0.25, 0.3) is 5.91 Å². The SMILES string of the molecule is CCOc1ccccc1OCCC(=O)OCC(=O)Nc1ccccc1C#N. The largest absolute Gasteiger partial charge is 0.490 e. The first-order chi connectivity index (χ1) is 13.1. The average molecular weight is 368 g/mol. The zero-order chi connectivity index (χ0) is 19.5. The number of ether oxygens (including phenoxy) is 3. The van der Waals surface area contributed by atoms with Gasteiger partial charge in [-0.25, -0.2) is 0 Å². The highest BCUT2D eigenvalue weighted by molar-refractivity contribution is 5.93. The van der Waals surface area contributed by atoms with Crippen LogP contribution in [0.2, 0.25) is 0 Å². The lowest BCUT2D eigenvalue weighted by Crippen LogP contribution is -2.22. The van der Waals surface area contributed by atoms with Crippen LogP contribution in [-0.4, -0.2) is 31.7 Å². The summed E-state index contributed by atoms with van der Waals surface area (Å²) >= 11 is 0. The Labute approximate surface area is 157 Å². The van der Waals surface area contributed by atoms with Crippen molar-refractivity contribution < 1.29 is 23.8 Å². The predicted octanol–water partition coefficient (Wildman–Crippen LogP) is 2.91. The van der Waals surface area contributed by atoms with Gasteiger partial charge in [-0.05, 0) is 31.2 Å². The van der Waals surface area contributed by atoms with Gasteiger partial charge < -0.3 is 19.5 Å². The Bertz CT molecular complexity index is 829. The fourth-order valence-electron chi connectivity index (χ4n) is 2.18. The summed E-state index contributed by atoms with van der Waals surface area (Å²) in [4.78, 5) is 23.6. The molecule has 0 radical (unpaired) electrons. The summed E-state index contributed by atoms with van der Waals surface area (Å²) in [7, 11) is 0. The fraction of sp³-hybridized carbons (Fsp3) is 0.250. The van der Waals surface area contributed by atoms with Gasteiger partial charge in [0.15, 0.2) is 18.1 Å². The van der Waals surface area contributed by atoms with Gasteiger partial charge in [0.1, 0.15) is 6.07 Å². The Morgan fingerprint density at radius 1 is 1.04 bits per heavy atom. The molecule has 0 saturated heterocycles. The lowest BCUT2D eigenvalue weighted by molar-refractivity contribution is -0.147. The van der Waals surface area contributed by atoms with Gasteiger partial charge in [-0.3, -0.25) is 9.59 Å². The molecule has 0 heterocycles. The molecule has 0 spiro atoms. The van der Waals surface area contributed by atoms with Crippen molar-refractivity contribution in [1.29, 1.82) is 5.26 Å². The smallest absolute Gasteiger partial charge is 0.309 e. The number of nitriles is 1. The second-order valence-electron chi connectivity index (χ2n) is 5.34. The van der Waals surface area contributed by atoms with Crippen molar-refractivity contribution in [2.45, 2.75) is 13.3 Å². The molecular formula is C20H20N2O5. The molecule has 0 aliphatic carbocycles. The summed E-state index contributed by atoms with van der Waals surface area (Å²) in [5, 5.41) is 11.5. The second-order valence-corrected chi connectivity index (χ2v) is 5.34. The lowest BCUT2D eigenvalue weighted by Gasteiger charge is -2.11. The molecule has 27 heavy (non-hydrogen) atoms. The van der Waals surface area contributed by atoms with E-state index in [0.717, 1.165) is 0 Å². The second kappa shape index (κ2) is 10.5. The van der Waals surface area contributed by atoms with Crippen LogP contribution in [0.25, 0.3) is 0 Å². The molecule has 140 valence electrons. The van der Waals surface area contributed by atoms with Gasteiger partial charge in [0.05, 0.1) is 30.9 Å². The minimum atomic E-state index is -0.562. The number of nitrogens with one attached hydrogen (secondary N) is 1. The van der Waals surface area contributed by atoms with Gasteiger partial charge in [-0.1, -0.05) is 24.3 Å². The third-order valence-corrected chi connectivity index (χ3v) is 3.40. The predicted molar refractivity (Wildman–Crippen MR) is 98.5 cm³/mol. The summed E-state index contributed by atoms with van der Waals surface area (Å²) in [6.07, 6.45) is -0.0114. The highest BCUT2D eigenvalue weighted by Crippen LogP contribution is 2.26. The quantitative estimate of drug-likeness (QED) is 0.684. The van der Waals surface area contributed by atoms with Crippen molar-refractivity contribution in [2.75, 3.05) is 25.1 Å². The van der Waals surface area contributed by atoms with E-state index in [0.29, 0.717) is 29.4 Å². The van der Waals surface area contributed by atoms with Gasteiger partial charge >= 0.3 is 5.97 Å². The standard InChI is InChI=1S/C20H20N2O5/c1-2-25-17-9-5-6-10-18(17)26-12-11-20(24)27-14-19(23)22-16-8-4-3-7-15(16)13-21/h3-10H,2,11-12,14H2,1H3,(H,22,23). The molecular weight excluding hydrogens is 348 g/mol. The van der Waals surface area contributed by atoms with E-state index in [1.807, 2.05) is 19.1 Å². The molecule has 7 heteroatoms. The lowest BCUT2D eigenvalue weighted by atomic mass is 10.2. The van der Waals surface area contributed by atoms with Crippen LogP contribution in [0.15, 0.2) is 48.5 Å². The maximum atomic E-state index is 11.9. The molecule has 2 rings (SSSR count). The maximum absolute atomic E-state index is 11.9. The summed E-state index contributed by atoms with van der Waals surface area (Å²) in [5.74, 6) is 0.0585. The molecule has 2 aromatic rings. The molecule has 0 aliphatic rings. The van der Waals surface area contributed by atoms with E-state index in [4.69, 9.17) is 19.5 Å². The molecule has 0 unspecified atom stereocenters. The zero-order valence-electron chi connectivity index (χ0n) is 14.9. The van der Waals surface area contributed by atoms with Crippen molar-refractivity contribution in [1.82, 2.24) is 0 Å². The Morgan fingerprint density at radius 3 is 2.41 bits per heavy atom. The summed E-state index contributed by atoms with van der Waals surface area (Å²) < 4.78 is 15.9. The molecule has 0 bridgehead atoms. The number of carbonyl (C=O) groups is 2. The number of carbonyl (C=O) groups excluding carboxylic acids is 2. The zero-order valence-corrected chi connectivity index (χ0v) is 14.9. The summed E-state index contributed by atoms with van der Waals surface area (Å²) in [6, 6.07) is 15.7. The van der Waals surface area contributed by atoms with Crippen molar-refractivity contribution >= 4 is 17.6 Å². The van der Waals surface area contributed by atoms with Crippen molar-refractivity contribution in [3.05, 3.63) is 54.1 Å². The molecule has 0 fully saturated rings. The van der Waals surface area contributed by atoms with Crippen LogP contribution in [-0.2, 0) is 14.3 Å². The van der Waals surface area contributed by atoms with Crippen molar-refractivity contribution in [2.24, 2.45) is 0 Å². The number of hydrogen-bond acceptors (Lipinski definition) is 6. The fourth-order valence-corrected chi connectivity index (χ4v) is 2.18. The Hall–Kier alpha value is -3.53. The van der Waals surface area contributed by atoms with E-state index in [9.17, 15) is 9.59 Å². The number of esters is 1. The number of hydrogen-bond donors (Lipinski definition) is 1. The monoisotopic (exact) mass is 368 g/mol. The molecule has 1 N–H and O–H groups in total. The third-order valence-electron chi connectivity index (χ3n) is 3.40. The summed E-state index contributed by atoms with van der Waals surface area (Å²) in [5.41, 5.74) is 0.704. The van der Waals surface area contributed by atoms with E-state index >= 15 is 0 Å². The average Bonchev–Trinajstić information content (AvgIpc) is 2.68. The molecule has 2 aromatic carbocycles. The third kappa shape index (κ3) is 6.36. The number of anilines is 1. The van der Waals surface area contributed by atoms with Crippen LogP contribution < -0.4 is 14.8 Å². The first-order valence-corrected chi connectivity index (χ1v) is 8.43. The van der Waals surface area contributed by atoms with Gasteiger partial charge in [-0.15, -0.1) is 0 Å². The highest BCUT2D eigenvalue weighted by Gasteiger charge is 2.11. The molecule has 0 aliphatic heterocycles. The van der Waals surface area contributed by atoms with E-state index in [1.54, 1.807) is 42.5 Å². The first-order valence-electron chi connectivity index (χ1n) is 8.43. The van der Waals surface area contributed by atoms with E-state index in [1.165, 1.54) is 0 Å². The highest BCUT2D eigenvalue weighted by atomic mass is 16.5. The van der Waals surface area contributed by atoms with Crippen LogP contribution in [0.3, 0.4) is 0 Å². The summed E-state index contributed by atoms with van der Waals surface area (Å²) in [6.45, 7) is 2.04. The van der Waals surface area contributed by atoms with Crippen LogP contribution >= 0.6 is 0 Å². The van der Waals surface area contributed by atoms with E-state index < -0.39 is 18.5 Å². The van der Waals surface area contributed by atoms with E-state index in [2.05, 4.69) is 5.32 Å². The molecule has 0 saturated carbocycles. The molecule has 1 amide bonds. The van der Waals surface area contributed by atoms with Crippen LogP contribution in [0.4, 0.5) is 5.69 Å². The van der Waals surface area contributed by atoms with Crippen LogP contribution in [0, 0.1) is 11.3 Å². The number of rotatable bonds is 9. The van der Waals surface area contributed by atoms with Gasteiger partial charge in [-0.2, -0.15) is 5.26 Å². The van der Waals surface area contributed by atoms with Gasteiger partial charge in [0.2, 0.25) is 0 Å². The molecule has 0 aromatic heterocycles. The number of para-hydroxylation sites is 3. The number of amides is 1. The van der Waals surface area contributed by atoms with Crippen molar-refractivity contribution in [3.63, 3.8) is 0 Å². The minimum Gasteiger partial charge on any atom is -0.490 e. The van der Waals surface area contributed by atoms with Crippen LogP contribution in [0.1, 0.15) is 18.9 Å². The Kier molecular flexibility index (Phi) is 7.67.